The summed E-state index contributed by atoms with van der Waals surface area (Å²) in [6.45, 7) is 2.77. The van der Waals surface area contributed by atoms with Gasteiger partial charge in [0, 0.05) is 54.1 Å². The van der Waals surface area contributed by atoms with Gasteiger partial charge in [-0.3, -0.25) is 14.1 Å². The maximum Gasteiger partial charge on any atom is 0.423 e. The van der Waals surface area contributed by atoms with Gasteiger partial charge in [0.05, 0.1) is 42.9 Å². The van der Waals surface area contributed by atoms with E-state index in [-0.39, 0.29) is 82.7 Å². The maximum atomic E-state index is 13.9. The summed E-state index contributed by atoms with van der Waals surface area (Å²) in [6.07, 6.45) is 2.10. The number of amides is 3. The summed E-state index contributed by atoms with van der Waals surface area (Å²) in [5.74, 6) is -0.00417. The van der Waals surface area contributed by atoms with Crippen molar-refractivity contribution in [1.29, 1.82) is 0 Å². The number of aliphatic hydroxyl groups excluding tert-OH is 1. The van der Waals surface area contributed by atoms with Crippen LogP contribution in [0.25, 0.3) is 10.8 Å². The van der Waals surface area contributed by atoms with Crippen LogP contribution in [0, 0.1) is 4.91 Å². The summed E-state index contributed by atoms with van der Waals surface area (Å²) in [6, 6.07) is 14.1. The lowest BCUT2D eigenvalue weighted by Gasteiger charge is -2.32. The van der Waals surface area contributed by atoms with Gasteiger partial charge in [-0.25, -0.2) is 14.7 Å². The Morgan fingerprint density at radius 3 is 2.55 bits per heavy atom. The molecule has 0 saturated carbocycles. The molecule has 4 aromatic rings. The first-order valence-corrected chi connectivity index (χ1v) is 24.2. The number of halogens is 1. The molecule has 1 aromatic heterocycles. The van der Waals surface area contributed by atoms with E-state index >= 15 is 0 Å². The van der Waals surface area contributed by atoms with Crippen LogP contribution in [0.3, 0.4) is 0 Å². The molecule has 3 aliphatic heterocycles. The fourth-order valence-electron chi connectivity index (χ4n) is 7.97. The van der Waals surface area contributed by atoms with Crippen LogP contribution < -0.4 is 28.7 Å². The molecule has 62 heavy (non-hydrogen) atoms. The van der Waals surface area contributed by atoms with Crippen LogP contribution in [-0.2, 0) is 9.53 Å². The van der Waals surface area contributed by atoms with Gasteiger partial charge < -0.3 is 34.0 Å². The number of pyridine rings is 1. The normalized spacial score (nSPS) is 18.8. The zero-order valence-corrected chi connectivity index (χ0v) is 37.0. The molecule has 330 valence electrons. The molecule has 3 aliphatic rings. The number of carbonyl (C=O) groups is 3. The molecule has 21 heteroatoms. The Bertz CT molecular complexity index is 2310. The van der Waals surface area contributed by atoms with Crippen molar-refractivity contribution in [2.24, 2.45) is 5.18 Å². The number of phosphoric acid groups is 1. The van der Waals surface area contributed by atoms with E-state index in [0.29, 0.717) is 66.7 Å². The Labute approximate surface area is 370 Å². The standard InChI is InChI=1S/C41H45ClN5O12PS2/c1-24(61-62-36-14-13-26(44-52)21-43-36)23-58-41(51)47-31-18-35(34(56-2)17-29(31)39(49)45-15-8-11-30(45)40(47)50)57-16-7-3-4-12-37(48)46-22-25(20-42)38-28-10-6-5-9-27(28)33(19-32(38)46)59-60(53,54)55/h5-6,9-10,13-14,17-19,21,24-25,30,40,50H,3-4,7-8,11-12,15-16,20,22-23H2,1-2H3,(H2,53,54,55)/t24?,25-,30?,40?/m1/s1. The number of aliphatic hydroxyl groups is 1. The highest BCUT2D eigenvalue weighted by Gasteiger charge is 2.45. The van der Waals surface area contributed by atoms with E-state index < -0.39 is 26.5 Å². The maximum absolute atomic E-state index is 13.9. The molecular formula is C41H45ClN5O12PS2. The summed E-state index contributed by atoms with van der Waals surface area (Å²) in [4.78, 5) is 91.5. The minimum absolute atomic E-state index is 0.0199. The molecule has 17 nitrogen and oxygen atoms in total. The van der Waals surface area contributed by atoms with E-state index in [1.165, 1.54) is 53.1 Å². The zero-order valence-electron chi connectivity index (χ0n) is 33.8. The second-order valence-electron chi connectivity index (χ2n) is 15.0. The first kappa shape index (κ1) is 45.6. The van der Waals surface area contributed by atoms with Crippen LogP contribution >= 0.6 is 41.4 Å². The summed E-state index contributed by atoms with van der Waals surface area (Å²) < 4.78 is 22.6. The van der Waals surface area contributed by atoms with Crippen molar-refractivity contribution >= 4 is 87.1 Å². The number of methoxy groups -OCH3 is 1. The Hall–Kier alpha value is -4.46. The second-order valence-corrected chi connectivity index (χ2v) is 19.1. The van der Waals surface area contributed by atoms with Gasteiger partial charge in [0.25, 0.3) is 5.91 Å². The average Bonchev–Trinajstić information content (AvgIpc) is 3.90. The van der Waals surface area contributed by atoms with Gasteiger partial charge in [0.1, 0.15) is 17.3 Å². The number of carbonyl (C=O) groups excluding carboxylic acids is 3. The van der Waals surface area contributed by atoms with E-state index in [4.69, 9.17) is 30.3 Å². The third-order valence-electron chi connectivity index (χ3n) is 10.8. The molecule has 1 saturated heterocycles. The predicted octanol–water partition coefficient (Wildman–Crippen LogP) is 7.06. The molecule has 4 atom stereocenters. The predicted molar refractivity (Wildman–Crippen MR) is 235 cm³/mol. The van der Waals surface area contributed by atoms with E-state index in [1.807, 2.05) is 13.0 Å². The number of hydrogen-bond donors (Lipinski definition) is 3. The lowest BCUT2D eigenvalue weighted by Crippen LogP contribution is -2.51. The topological polar surface area (TPSA) is 224 Å². The van der Waals surface area contributed by atoms with Crippen molar-refractivity contribution in [1.82, 2.24) is 9.88 Å². The molecule has 7 rings (SSSR count). The van der Waals surface area contributed by atoms with E-state index in [9.17, 15) is 39.1 Å². The number of unbranched alkanes of at least 4 members (excludes halogenated alkanes) is 2. The average molecular weight is 930 g/mol. The number of alkyl halides is 1. The monoisotopic (exact) mass is 929 g/mol. The minimum atomic E-state index is -4.89. The number of benzene rings is 3. The highest BCUT2D eigenvalue weighted by Crippen LogP contribution is 2.50. The van der Waals surface area contributed by atoms with Crippen molar-refractivity contribution in [3.63, 3.8) is 0 Å². The number of aromatic nitrogens is 1. The van der Waals surface area contributed by atoms with Gasteiger partial charge in [-0.1, -0.05) is 35.1 Å². The van der Waals surface area contributed by atoms with Crippen LogP contribution in [0.1, 0.15) is 67.3 Å². The van der Waals surface area contributed by atoms with Gasteiger partial charge in [-0.05, 0) is 84.1 Å². The number of phosphoric ester groups is 1. The number of hydrogen-bond acceptors (Lipinski definition) is 16. The van der Waals surface area contributed by atoms with Crippen molar-refractivity contribution in [2.75, 3.05) is 49.1 Å². The number of rotatable bonds is 17. The molecule has 3 amide bonds. The summed E-state index contributed by atoms with van der Waals surface area (Å²) >= 11 is 6.37. The van der Waals surface area contributed by atoms with Crippen LogP contribution in [0.5, 0.6) is 17.2 Å². The molecule has 0 aliphatic carbocycles. The Morgan fingerprint density at radius 2 is 1.84 bits per heavy atom. The van der Waals surface area contributed by atoms with Gasteiger partial charge in [0.2, 0.25) is 5.91 Å². The molecule has 3 N–H and O–H groups in total. The van der Waals surface area contributed by atoms with E-state index in [0.717, 1.165) is 10.5 Å². The minimum Gasteiger partial charge on any atom is -0.599 e. The molecule has 0 bridgehead atoms. The number of ether oxygens (including phenoxy) is 3. The quantitative estimate of drug-likeness (QED) is 0.0317. The Balaban J connectivity index is 0.994. The lowest BCUT2D eigenvalue weighted by molar-refractivity contribution is -0.227. The summed E-state index contributed by atoms with van der Waals surface area (Å²) in [7, 11) is -0.708. The number of fused-ring (bicyclic) bond motifs is 5. The summed E-state index contributed by atoms with van der Waals surface area (Å²) in [5, 5.41) is 16.2. The molecule has 3 unspecified atom stereocenters. The van der Waals surface area contributed by atoms with Gasteiger partial charge in [-0.15, -0.1) is 16.5 Å². The van der Waals surface area contributed by atoms with Crippen LogP contribution in [0.4, 0.5) is 21.9 Å². The zero-order chi connectivity index (χ0) is 44.1. The number of nitroso groups, excluding NO2 is 1. The van der Waals surface area contributed by atoms with Crippen LogP contribution in [0.2, 0.25) is 0 Å². The first-order chi connectivity index (χ1) is 29.8. The van der Waals surface area contributed by atoms with Gasteiger partial charge in [0.15, 0.2) is 23.5 Å². The Kier molecular flexibility index (Phi) is 14.6. The molecule has 0 spiro atoms. The fraction of sp³-hybridized carbons (Fsp3) is 0.415. The van der Waals surface area contributed by atoms with Gasteiger partial charge >= 0.3 is 14.3 Å². The molecule has 3 aromatic carbocycles. The largest absolute Gasteiger partial charge is 0.599 e. The first-order valence-electron chi connectivity index (χ1n) is 19.9. The molecule has 0 radical (unpaired) electrons. The molecular weight excluding hydrogens is 885 g/mol. The molecule has 1 fully saturated rings. The number of anilines is 2. The van der Waals surface area contributed by atoms with E-state index in [1.54, 1.807) is 40.1 Å². The fourth-order valence-corrected chi connectivity index (χ4v) is 10.5. The third kappa shape index (κ3) is 10.00. The van der Waals surface area contributed by atoms with Crippen molar-refractivity contribution in [2.45, 2.75) is 73.9 Å². The number of nitrogens with zero attached hydrogens (tertiary/aromatic N) is 5. The highest BCUT2D eigenvalue weighted by molar-refractivity contribution is 8.76. The lowest BCUT2D eigenvalue weighted by atomic mass is 9.95. The second kappa shape index (κ2) is 19.9. The summed E-state index contributed by atoms with van der Waals surface area (Å²) in [5.41, 5.74) is 1.82. The smallest absolute Gasteiger partial charge is 0.423 e. The third-order valence-corrected chi connectivity index (χ3v) is 14.4. The van der Waals surface area contributed by atoms with Crippen molar-refractivity contribution in [3.05, 3.63) is 76.8 Å². The molecule has 4 heterocycles. The van der Waals surface area contributed by atoms with Crippen molar-refractivity contribution < 1.29 is 52.9 Å². The van der Waals surface area contributed by atoms with Crippen molar-refractivity contribution in [3.8, 4) is 17.2 Å². The van der Waals surface area contributed by atoms with Gasteiger partial charge in [-0.2, -0.15) is 9.79 Å². The SMILES string of the molecule is COc1cc2c(cc1OCCCCCC(=O)N1C[C@@H](CCl)c3c1cc(O[P+]([O-])(O)O)c1ccccc31)N(C(=O)OCC(C)SSc1ccc(N=O)cn1)C(O)C1CCCN1C2=O. The Morgan fingerprint density at radius 1 is 1.06 bits per heavy atom. The highest BCUT2D eigenvalue weighted by atomic mass is 35.5. The van der Waals surface area contributed by atoms with Crippen LogP contribution in [0.15, 0.2) is 71.0 Å². The van der Waals surface area contributed by atoms with E-state index in [2.05, 4.69) is 10.2 Å². The van der Waals surface area contributed by atoms with Crippen LogP contribution in [-0.4, -0.2) is 99.5 Å².